The van der Waals surface area contributed by atoms with E-state index >= 15 is 0 Å². The van der Waals surface area contributed by atoms with Gasteiger partial charge in [-0.05, 0) is 18.2 Å². The van der Waals surface area contributed by atoms with E-state index in [1.54, 1.807) is 24.3 Å². The zero-order valence-corrected chi connectivity index (χ0v) is 14.6. The van der Waals surface area contributed by atoms with Gasteiger partial charge in [0.25, 0.3) is 5.69 Å². The molecule has 29 heavy (non-hydrogen) atoms. The van der Waals surface area contributed by atoms with E-state index in [1.165, 1.54) is 12.1 Å². The van der Waals surface area contributed by atoms with Gasteiger partial charge in [-0.1, -0.05) is 12.1 Å². The van der Waals surface area contributed by atoms with Crippen LogP contribution in [0.2, 0.25) is 0 Å². The van der Waals surface area contributed by atoms with Crippen molar-refractivity contribution in [2.45, 2.75) is 0 Å². The maximum Gasteiger partial charge on any atom is 0.282 e. The van der Waals surface area contributed by atoms with Gasteiger partial charge in [-0.15, -0.1) is 5.10 Å². The maximum atomic E-state index is 11.3. The first-order chi connectivity index (χ1) is 14.0. The van der Waals surface area contributed by atoms with E-state index in [2.05, 4.69) is 15.2 Å². The van der Waals surface area contributed by atoms with Gasteiger partial charge in [0.05, 0.1) is 28.3 Å². The number of hydrogen-bond donors (Lipinski definition) is 3. The summed E-state index contributed by atoms with van der Waals surface area (Å²) < 4.78 is 11.0. The van der Waals surface area contributed by atoms with Crippen LogP contribution in [0.3, 0.4) is 0 Å². The van der Waals surface area contributed by atoms with Gasteiger partial charge in [0.15, 0.2) is 28.5 Å². The molecule has 2 heterocycles. The van der Waals surface area contributed by atoms with Crippen LogP contribution in [-0.4, -0.2) is 38.7 Å². The highest BCUT2D eigenvalue weighted by Gasteiger charge is 2.22. The third-order valence-electron chi connectivity index (χ3n) is 4.10. The topological polar surface area (TPSA) is 174 Å². The van der Waals surface area contributed by atoms with Gasteiger partial charge in [0.1, 0.15) is 5.52 Å². The number of rotatable bonds is 4. The van der Waals surface area contributed by atoms with Crippen LogP contribution >= 0.6 is 0 Å². The van der Waals surface area contributed by atoms with Crippen LogP contribution in [0.1, 0.15) is 11.3 Å². The SMILES string of the molecule is N=c1c(C(N)=NN=Cc2cc3c(cc2[N+](=O)[O-])OCO3)nc2ccccc2n1O. The van der Waals surface area contributed by atoms with Crippen LogP contribution in [0.15, 0.2) is 46.6 Å². The number of nitrogens with two attached hydrogens (primary N) is 1. The molecule has 1 aromatic heterocycles. The van der Waals surface area contributed by atoms with Gasteiger partial charge in [-0.2, -0.15) is 9.83 Å². The molecule has 0 amide bonds. The fourth-order valence-corrected chi connectivity index (χ4v) is 2.72. The molecule has 0 radical (unpaired) electrons. The molecule has 12 heteroatoms. The molecule has 1 aliphatic rings. The monoisotopic (exact) mass is 395 g/mol. The molecule has 1 aliphatic heterocycles. The van der Waals surface area contributed by atoms with E-state index in [0.29, 0.717) is 21.5 Å². The Bertz CT molecular complexity index is 1260. The number of aromatic nitrogens is 2. The van der Waals surface area contributed by atoms with Crippen LogP contribution in [-0.2, 0) is 0 Å². The van der Waals surface area contributed by atoms with E-state index in [9.17, 15) is 15.3 Å². The maximum absolute atomic E-state index is 11.3. The number of amidine groups is 1. The van der Waals surface area contributed by atoms with Crippen molar-refractivity contribution >= 4 is 28.8 Å². The van der Waals surface area contributed by atoms with Crippen LogP contribution < -0.4 is 20.7 Å². The summed E-state index contributed by atoms with van der Waals surface area (Å²) in [6.45, 7) is -0.0285. The molecule has 146 valence electrons. The molecule has 0 spiro atoms. The van der Waals surface area contributed by atoms with E-state index in [0.717, 1.165) is 6.21 Å². The zero-order chi connectivity index (χ0) is 20.5. The van der Waals surface area contributed by atoms with Gasteiger partial charge in [0, 0.05) is 0 Å². The van der Waals surface area contributed by atoms with Crippen molar-refractivity contribution in [3.63, 3.8) is 0 Å². The summed E-state index contributed by atoms with van der Waals surface area (Å²) in [5, 5.41) is 36.9. The molecule has 0 bridgehead atoms. The first-order valence-corrected chi connectivity index (χ1v) is 8.16. The minimum Gasteiger partial charge on any atom is -0.454 e. The Kier molecular flexibility index (Phi) is 4.27. The summed E-state index contributed by atoms with van der Waals surface area (Å²) in [7, 11) is 0. The number of ether oxygens (including phenoxy) is 2. The van der Waals surface area contributed by atoms with Crippen LogP contribution in [0.5, 0.6) is 11.5 Å². The standard InChI is InChI=1S/C17H13N7O5/c18-16(15-17(19)23(25)11-4-2-1-3-10(11)21-15)22-20-7-9-5-13-14(29-8-28-13)6-12(9)24(26)27/h1-7,19,25H,8H2,(H2,18,22). The summed E-state index contributed by atoms with van der Waals surface area (Å²) in [5.41, 5.74) is 5.99. The predicted octanol–water partition coefficient (Wildman–Crippen LogP) is 1.13. The van der Waals surface area contributed by atoms with Crippen molar-refractivity contribution in [3.05, 3.63) is 63.3 Å². The lowest BCUT2D eigenvalue weighted by atomic mass is 10.1. The highest BCUT2D eigenvalue weighted by Crippen LogP contribution is 2.37. The first-order valence-electron chi connectivity index (χ1n) is 8.16. The Morgan fingerprint density at radius 2 is 2.07 bits per heavy atom. The smallest absolute Gasteiger partial charge is 0.282 e. The van der Waals surface area contributed by atoms with Crippen LogP contribution in [0, 0.1) is 15.5 Å². The molecular weight excluding hydrogens is 382 g/mol. The van der Waals surface area contributed by atoms with Gasteiger partial charge >= 0.3 is 0 Å². The van der Waals surface area contributed by atoms with Gasteiger partial charge in [-0.3, -0.25) is 15.5 Å². The molecule has 0 saturated heterocycles. The average Bonchev–Trinajstić information content (AvgIpc) is 3.17. The highest BCUT2D eigenvalue weighted by molar-refractivity contribution is 5.97. The number of benzene rings is 2. The Morgan fingerprint density at radius 1 is 1.34 bits per heavy atom. The minimum atomic E-state index is -0.585. The molecule has 4 rings (SSSR count). The summed E-state index contributed by atoms with van der Waals surface area (Å²) >= 11 is 0. The van der Waals surface area contributed by atoms with Crippen molar-refractivity contribution in [2.75, 3.05) is 6.79 Å². The van der Waals surface area contributed by atoms with E-state index < -0.39 is 4.92 Å². The second kappa shape index (κ2) is 6.92. The number of nitrogens with one attached hydrogen (secondary N) is 1. The molecule has 0 aliphatic carbocycles. The number of hydrogen-bond acceptors (Lipinski definition) is 9. The van der Waals surface area contributed by atoms with Gasteiger partial charge < -0.3 is 20.4 Å². The number of fused-ring (bicyclic) bond motifs is 2. The van der Waals surface area contributed by atoms with E-state index in [1.807, 2.05) is 0 Å². The molecule has 0 unspecified atom stereocenters. The lowest BCUT2D eigenvalue weighted by Gasteiger charge is -2.06. The average molecular weight is 395 g/mol. The molecular formula is C17H13N7O5. The molecule has 0 saturated carbocycles. The first kappa shape index (κ1) is 17.9. The molecule has 0 fully saturated rings. The highest BCUT2D eigenvalue weighted by atomic mass is 16.7. The Labute approximate surface area is 161 Å². The van der Waals surface area contributed by atoms with Gasteiger partial charge in [0.2, 0.25) is 6.79 Å². The van der Waals surface area contributed by atoms with Gasteiger partial charge in [-0.25, -0.2) is 4.98 Å². The lowest BCUT2D eigenvalue weighted by Crippen LogP contribution is -2.31. The fourth-order valence-electron chi connectivity index (χ4n) is 2.72. The van der Waals surface area contributed by atoms with Crippen molar-refractivity contribution in [1.82, 2.24) is 9.71 Å². The summed E-state index contributed by atoms with van der Waals surface area (Å²) in [6.07, 6.45) is 1.13. The number of para-hydroxylation sites is 2. The summed E-state index contributed by atoms with van der Waals surface area (Å²) in [4.78, 5) is 14.9. The molecule has 0 atom stereocenters. The third kappa shape index (κ3) is 3.18. The van der Waals surface area contributed by atoms with Crippen molar-refractivity contribution in [1.29, 1.82) is 5.41 Å². The zero-order valence-electron chi connectivity index (χ0n) is 14.6. The third-order valence-corrected chi connectivity index (χ3v) is 4.10. The normalized spacial score (nSPS) is 13.3. The van der Waals surface area contributed by atoms with E-state index in [4.69, 9.17) is 20.6 Å². The number of nitro benzene ring substituents is 1. The number of nitro groups is 1. The largest absolute Gasteiger partial charge is 0.454 e. The van der Waals surface area contributed by atoms with Crippen LogP contribution in [0.4, 0.5) is 5.69 Å². The number of nitrogens with zero attached hydrogens (tertiary/aromatic N) is 5. The Hall–Kier alpha value is -4.48. The van der Waals surface area contributed by atoms with Crippen LogP contribution in [0.25, 0.3) is 11.0 Å². The molecule has 3 aromatic rings. The van der Waals surface area contributed by atoms with Crippen molar-refractivity contribution in [3.8, 4) is 11.5 Å². The fraction of sp³-hybridized carbons (Fsp3) is 0.0588. The minimum absolute atomic E-state index is 0.0285. The second-order valence-corrected chi connectivity index (χ2v) is 5.86. The molecule has 4 N–H and O–H groups in total. The second-order valence-electron chi connectivity index (χ2n) is 5.86. The lowest BCUT2D eigenvalue weighted by molar-refractivity contribution is -0.385. The Balaban J connectivity index is 1.71. The van der Waals surface area contributed by atoms with E-state index in [-0.39, 0.29) is 40.8 Å². The quantitative estimate of drug-likeness (QED) is 0.195. The Morgan fingerprint density at radius 3 is 2.83 bits per heavy atom. The molecule has 12 nitrogen and oxygen atoms in total. The predicted molar refractivity (Wildman–Crippen MR) is 100 cm³/mol. The van der Waals surface area contributed by atoms with Crippen molar-refractivity contribution in [2.24, 2.45) is 15.9 Å². The molecule has 2 aromatic carbocycles. The summed E-state index contributed by atoms with van der Waals surface area (Å²) in [6, 6.07) is 9.27. The summed E-state index contributed by atoms with van der Waals surface area (Å²) in [5.74, 6) is 0.367. The van der Waals surface area contributed by atoms with Crippen molar-refractivity contribution < 1.29 is 19.6 Å².